The van der Waals surface area contributed by atoms with Gasteiger partial charge in [0.15, 0.2) is 0 Å². The SMILES string of the molecule is COc1cnc(Cl)c(-c2cc(C)c(C(=O)O)cc2C(=O)O)c1. The van der Waals surface area contributed by atoms with Crippen molar-refractivity contribution in [3.63, 3.8) is 0 Å². The molecular formula is C15H12ClNO5. The number of nitrogens with zero attached hydrogens (tertiary/aromatic N) is 1. The lowest BCUT2D eigenvalue weighted by atomic mass is 9.95. The fraction of sp³-hybridized carbons (Fsp3) is 0.133. The van der Waals surface area contributed by atoms with Crippen LogP contribution in [-0.2, 0) is 0 Å². The molecule has 0 saturated carbocycles. The van der Waals surface area contributed by atoms with Crippen LogP contribution >= 0.6 is 11.6 Å². The molecule has 0 unspecified atom stereocenters. The molecule has 0 amide bonds. The second kappa shape index (κ2) is 6.03. The molecule has 0 aliphatic rings. The summed E-state index contributed by atoms with van der Waals surface area (Å²) >= 11 is 6.04. The van der Waals surface area contributed by atoms with E-state index in [1.54, 1.807) is 13.0 Å². The zero-order valence-corrected chi connectivity index (χ0v) is 12.5. The van der Waals surface area contributed by atoms with Gasteiger partial charge in [0, 0.05) is 5.56 Å². The number of rotatable bonds is 4. The van der Waals surface area contributed by atoms with Gasteiger partial charge in [-0.25, -0.2) is 14.6 Å². The molecule has 114 valence electrons. The van der Waals surface area contributed by atoms with Gasteiger partial charge < -0.3 is 14.9 Å². The zero-order valence-electron chi connectivity index (χ0n) is 11.8. The maximum absolute atomic E-state index is 11.5. The van der Waals surface area contributed by atoms with Gasteiger partial charge in [-0.2, -0.15) is 0 Å². The van der Waals surface area contributed by atoms with Crippen LogP contribution in [0.4, 0.5) is 0 Å². The van der Waals surface area contributed by atoms with Crippen LogP contribution < -0.4 is 4.74 Å². The third kappa shape index (κ3) is 2.87. The Labute approximate surface area is 130 Å². The molecule has 0 bridgehead atoms. The van der Waals surface area contributed by atoms with Crippen molar-refractivity contribution in [2.45, 2.75) is 6.92 Å². The standard InChI is InChI=1S/C15H12ClNO5/c1-7-3-10(11-4-8(22-2)6-17-13(11)16)12(15(20)21)5-9(7)14(18)19/h3-6H,1-2H3,(H,18,19)(H,20,21). The van der Waals surface area contributed by atoms with Gasteiger partial charge >= 0.3 is 11.9 Å². The molecule has 1 aromatic heterocycles. The molecule has 2 rings (SSSR count). The number of methoxy groups -OCH3 is 1. The molecule has 0 aliphatic carbocycles. The minimum Gasteiger partial charge on any atom is -0.495 e. The first kappa shape index (κ1) is 15.8. The number of hydrogen-bond donors (Lipinski definition) is 2. The van der Waals surface area contributed by atoms with Gasteiger partial charge in [-0.05, 0) is 36.2 Å². The average Bonchev–Trinajstić information content (AvgIpc) is 2.46. The molecule has 2 aromatic rings. The Morgan fingerprint density at radius 3 is 2.27 bits per heavy atom. The van der Waals surface area contributed by atoms with Gasteiger partial charge in [0.2, 0.25) is 0 Å². The van der Waals surface area contributed by atoms with Gasteiger partial charge in [-0.1, -0.05) is 11.6 Å². The summed E-state index contributed by atoms with van der Waals surface area (Å²) in [6, 6.07) is 4.14. The molecular weight excluding hydrogens is 310 g/mol. The number of halogens is 1. The van der Waals surface area contributed by atoms with Crippen molar-refractivity contribution in [3.05, 3.63) is 46.2 Å². The Hall–Kier alpha value is -2.60. The minimum atomic E-state index is -1.25. The maximum atomic E-state index is 11.5. The van der Waals surface area contributed by atoms with E-state index in [0.717, 1.165) is 6.07 Å². The first-order valence-corrected chi connectivity index (χ1v) is 6.54. The van der Waals surface area contributed by atoms with Crippen molar-refractivity contribution in [2.24, 2.45) is 0 Å². The second-order valence-electron chi connectivity index (χ2n) is 4.54. The predicted molar refractivity (Wildman–Crippen MR) is 79.9 cm³/mol. The second-order valence-corrected chi connectivity index (χ2v) is 4.89. The van der Waals surface area contributed by atoms with Crippen molar-refractivity contribution < 1.29 is 24.5 Å². The van der Waals surface area contributed by atoms with E-state index >= 15 is 0 Å². The number of aromatic nitrogens is 1. The van der Waals surface area contributed by atoms with Crippen LogP contribution in [-0.4, -0.2) is 34.2 Å². The molecule has 0 saturated heterocycles. The number of pyridine rings is 1. The number of carbonyl (C=O) groups is 2. The predicted octanol–water partition coefficient (Wildman–Crippen LogP) is 3.12. The van der Waals surface area contributed by atoms with Crippen molar-refractivity contribution in [1.82, 2.24) is 4.98 Å². The van der Waals surface area contributed by atoms with E-state index in [2.05, 4.69) is 4.98 Å². The van der Waals surface area contributed by atoms with Crippen LogP contribution in [0.3, 0.4) is 0 Å². The van der Waals surface area contributed by atoms with Crippen molar-refractivity contribution in [2.75, 3.05) is 7.11 Å². The highest BCUT2D eigenvalue weighted by Gasteiger charge is 2.20. The topological polar surface area (TPSA) is 96.7 Å². The molecule has 0 fully saturated rings. The van der Waals surface area contributed by atoms with Crippen LogP contribution in [0.1, 0.15) is 26.3 Å². The number of aromatic carboxylic acids is 2. The number of carboxylic acids is 2. The molecule has 1 heterocycles. The van der Waals surface area contributed by atoms with Crippen molar-refractivity contribution in [3.8, 4) is 16.9 Å². The minimum absolute atomic E-state index is 0.0758. The summed E-state index contributed by atoms with van der Waals surface area (Å²) in [6.45, 7) is 1.58. The van der Waals surface area contributed by atoms with E-state index in [1.165, 1.54) is 19.4 Å². The van der Waals surface area contributed by atoms with Crippen molar-refractivity contribution >= 4 is 23.5 Å². The molecule has 7 heteroatoms. The number of hydrogen-bond acceptors (Lipinski definition) is 4. The summed E-state index contributed by atoms with van der Waals surface area (Å²) in [5.74, 6) is -2.03. The third-order valence-electron chi connectivity index (χ3n) is 3.17. The highest BCUT2D eigenvalue weighted by molar-refractivity contribution is 6.32. The van der Waals surface area contributed by atoms with Gasteiger partial charge in [0.25, 0.3) is 0 Å². The molecule has 0 spiro atoms. The summed E-state index contributed by atoms with van der Waals surface area (Å²) in [5, 5.41) is 18.6. The zero-order chi connectivity index (χ0) is 16.4. The summed E-state index contributed by atoms with van der Waals surface area (Å²) in [7, 11) is 1.45. The van der Waals surface area contributed by atoms with E-state index < -0.39 is 11.9 Å². The quantitative estimate of drug-likeness (QED) is 0.840. The number of ether oxygens (including phenoxy) is 1. The average molecular weight is 322 g/mol. The molecule has 2 N–H and O–H groups in total. The summed E-state index contributed by atoms with van der Waals surface area (Å²) in [6.07, 6.45) is 1.41. The monoisotopic (exact) mass is 321 g/mol. The molecule has 0 atom stereocenters. The van der Waals surface area contributed by atoms with Gasteiger partial charge in [-0.3, -0.25) is 0 Å². The molecule has 22 heavy (non-hydrogen) atoms. The Morgan fingerprint density at radius 2 is 1.73 bits per heavy atom. The Morgan fingerprint density at radius 1 is 1.09 bits per heavy atom. The van der Waals surface area contributed by atoms with E-state index in [-0.39, 0.29) is 21.8 Å². The summed E-state index contributed by atoms with van der Waals surface area (Å²) < 4.78 is 5.06. The normalized spacial score (nSPS) is 10.3. The lowest BCUT2D eigenvalue weighted by Gasteiger charge is -2.12. The summed E-state index contributed by atoms with van der Waals surface area (Å²) in [5.41, 5.74) is 0.823. The van der Waals surface area contributed by atoms with Crippen molar-refractivity contribution in [1.29, 1.82) is 0 Å². The molecule has 0 aliphatic heterocycles. The van der Waals surface area contributed by atoms with Crippen LogP contribution in [0, 0.1) is 6.92 Å². The lowest BCUT2D eigenvalue weighted by molar-refractivity contribution is 0.0695. The summed E-state index contributed by atoms with van der Waals surface area (Å²) in [4.78, 5) is 26.6. The van der Waals surface area contributed by atoms with Crippen LogP contribution in [0.25, 0.3) is 11.1 Å². The molecule has 0 radical (unpaired) electrons. The third-order valence-corrected chi connectivity index (χ3v) is 3.47. The Balaban J connectivity index is 2.77. The van der Waals surface area contributed by atoms with Gasteiger partial charge in [-0.15, -0.1) is 0 Å². The Bertz CT molecular complexity index is 773. The van der Waals surface area contributed by atoms with Gasteiger partial charge in [0.05, 0.1) is 24.4 Å². The lowest BCUT2D eigenvalue weighted by Crippen LogP contribution is -2.07. The highest BCUT2D eigenvalue weighted by atomic mass is 35.5. The first-order chi connectivity index (χ1) is 10.3. The fourth-order valence-electron chi connectivity index (χ4n) is 2.07. The smallest absolute Gasteiger partial charge is 0.336 e. The van der Waals surface area contributed by atoms with E-state index in [1.807, 2.05) is 0 Å². The maximum Gasteiger partial charge on any atom is 0.336 e. The van der Waals surface area contributed by atoms with E-state index in [9.17, 15) is 14.7 Å². The van der Waals surface area contributed by atoms with Crippen LogP contribution in [0.2, 0.25) is 5.15 Å². The number of aryl methyl sites for hydroxylation is 1. The largest absolute Gasteiger partial charge is 0.495 e. The van der Waals surface area contributed by atoms with E-state index in [4.69, 9.17) is 21.4 Å². The number of benzene rings is 1. The number of carboxylic acid groups (broad SMARTS) is 2. The van der Waals surface area contributed by atoms with Gasteiger partial charge in [0.1, 0.15) is 10.9 Å². The van der Waals surface area contributed by atoms with Crippen LogP contribution in [0.15, 0.2) is 24.4 Å². The molecule has 1 aromatic carbocycles. The molecule has 6 nitrogen and oxygen atoms in total. The van der Waals surface area contributed by atoms with Crippen LogP contribution in [0.5, 0.6) is 5.75 Å². The fourth-order valence-corrected chi connectivity index (χ4v) is 2.27. The highest BCUT2D eigenvalue weighted by Crippen LogP contribution is 2.33. The Kier molecular flexibility index (Phi) is 4.32. The first-order valence-electron chi connectivity index (χ1n) is 6.16. The van der Waals surface area contributed by atoms with E-state index in [0.29, 0.717) is 16.9 Å².